The Morgan fingerprint density at radius 1 is 1.29 bits per heavy atom. The number of amides is 1. The Bertz CT molecular complexity index is 632. The standard InChI is InChI=1S/C16H17FN2O2/c1-16(2,10-18)8-3-4-9-19-13-11(14(20)15(19)21)6-5-7-12(13)17/h5-7H,3-4,8-9H2,1-2H3. The number of para-hydroxylation sites is 1. The van der Waals surface area contributed by atoms with E-state index in [0.717, 1.165) is 6.42 Å². The van der Waals surface area contributed by atoms with Crippen molar-refractivity contribution in [1.82, 2.24) is 0 Å². The van der Waals surface area contributed by atoms with Crippen molar-refractivity contribution < 1.29 is 14.0 Å². The topological polar surface area (TPSA) is 61.2 Å². The van der Waals surface area contributed by atoms with Gasteiger partial charge in [0, 0.05) is 6.54 Å². The fourth-order valence-corrected chi connectivity index (χ4v) is 2.42. The first-order valence-corrected chi connectivity index (χ1v) is 6.93. The summed E-state index contributed by atoms with van der Waals surface area (Å²) in [4.78, 5) is 24.9. The van der Waals surface area contributed by atoms with Gasteiger partial charge in [0.15, 0.2) is 0 Å². The van der Waals surface area contributed by atoms with Gasteiger partial charge in [0.2, 0.25) is 0 Å². The number of hydrogen-bond acceptors (Lipinski definition) is 3. The van der Waals surface area contributed by atoms with Crippen LogP contribution in [0.2, 0.25) is 0 Å². The monoisotopic (exact) mass is 288 g/mol. The fourth-order valence-electron chi connectivity index (χ4n) is 2.42. The molecule has 1 aromatic carbocycles. The van der Waals surface area contributed by atoms with E-state index in [1.54, 1.807) is 0 Å². The van der Waals surface area contributed by atoms with E-state index in [1.165, 1.54) is 23.1 Å². The number of unbranched alkanes of at least 4 members (excludes halogenated alkanes) is 1. The summed E-state index contributed by atoms with van der Waals surface area (Å²) in [5, 5.41) is 8.94. The maximum atomic E-state index is 13.9. The summed E-state index contributed by atoms with van der Waals surface area (Å²) in [6.07, 6.45) is 2.06. The van der Waals surface area contributed by atoms with E-state index in [-0.39, 0.29) is 11.3 Å². The van der Waals surface area contributed by atoms with E-state index in [0.29, 0.717) is 19.4 Å². The Morgan fingerprint density at radius 2 is 2.00 bits per heavy atom. The molecule has 1 aliphatic rings. The van der Waals surface area contributed by atoms with Gasteiger partial charge in [-0.2, -0.15) is 5.26 Å². The van der Waals surface area contributed by atoms with Crippen molar-refractivity contribution in [2.45, 2.75) is 33.1 Å². The molecule has 21 heavy (non-hydrogen) atoms. The molecule has 0 fully saturated rings. The van der Waals surface area contributed by atoms with E-state index in [4.69, 9.17) is 5.26 Å². The molecule has 4 nitrogen and oxygen atoms in total. The third kappa shape index (κ3) is 2.94. The molecule has 1 aromatic rings. The van der Waals surface area contributed by atoms with Crippen molar-refractivity contribution in [3.8, 4) is 6.07 Å². The Morgan fingerprint density at radius 3 is 2.67 bits per heavy atom. The van der Waals surface area contributed by atoms with Gasteiger partial charge in [-0.25, -0.2) is 4.39 Å². The van der Waals surface area contributed by atoms with Crippen LogP contribution in [0.4, 0.5) is 10.1 Å². The molecule has 0 spiro atoms. The summed E-state index contributed by atoms with van der Waals surface area (Å²) >= 11 is 0. The van der Waals surface area contributed by atoms with Crippen molar-refractivity contribution in [3.63, 3.8) is 0 Å². The lowest BCUT2D eigenvalue weighted by Gasteiger charge is -2.18. The van der Waals surface area contributed by atoms with Crippen LogP contribution >= 0.6 is 0 Å². The third-order valence-corrected chi connectivity index (χ3v) is 3.68. The molecule has 0 atom stereocenters. The molecule has 0 radical (unpaired) electrons. The number of carbonyl (C=O) groups is 2. The molecular formula is C16H17FN2O2. The number of nitriles is 1. The Balaban J connectivity index is 2.04. The van der Waals surface area contributed by atoms with Crippen molar-refractivity contribution >= 4 is 17.4 Å². The van der Waals surface area contributed by atoms with Gasteiger partial charge < -0.3 is 4.90 Å². The summed E-state index contributed by atoms with van der Waals surface area (Å²) in [6.45, 7) is 4.00. The first-order chi connectivity index (χ1) is 9.87. The number of anilines is 1. The van der Waals surface area contributed by atoms with Crippen LogP contribution in [0.25, 0.3) is 0 Å². The number of carbonyl (C=O) groups excluding carboxylic acids is 2. The van der Waals surface area contributed by atoms with Gasteiger partial charge in [-0.3, -0.25) is 9.59 Å². The van der Waals surface area contributed by atoms with Crippen LogP contribution in [0.15, 0.2) is 18.2 Å². The molecule has 1 aliphatic heterocycles. The number of Topliss-reactive ketones (excluding diaryl/α,β-unsaturated/α-hetero) is 1. The highest BCUT2D eigenvalue weighted by Gasteiger charge is 2.37. The van der Waals surface area contributed by atoms with E-state index in [1.807, 2.05) is 13.8 Å². The second-order valence-corrected chi connectivity index (χ2v) is 5.87. The van der Waals surface area contributed by atoms with Gasteiger partial charge >= 0.3 is 0 Å². The zero-order valence-electron chi connectivity index (χ0n) is 12.1. The number of nitrogens with zero attached hydrogens (tertiary/aromatic N) is 2. The average molecular weight is 288 g/mol. The Hall–Kier alpha value is -2.22. The third-order valence-electron chi connectivity index (χ3n) is 3.68. The highest BCUT2D eigenvalue weighted by atomic mass is 19.1. The molecule has 0 bridgehead atoms. The molecule has 110 valence electrons. The number of benzene rings is 1. The SMILES string of the molecule is CC(C)(C#N)CCCCN1C(=O)C(=O)c2cccc(F)c21. The minimum Gasteiger partial charge on any atom is -0.302 e. The van der Waals surface area contributed by atoms with E-state index >= 15 is 0 Å². The highest BCUT2D eigenvalue weighted by molar-refractivity contribution is 6.52. The zero-order valence-corrected chi connectivity index (χ0v) is 12.1. The molecule has 5 heteroatoms. The van der Waals surface area contributed by atoms with E-state index < -0.39 is 22.9 Å². The molecule has 0 saturated heterocycles. The van der Waals surface area contributed by atoms with Crippen molar-refractivity contribution in [2.24, 2.45) is 5.41 Å². The van der Waals surface area contributed by atoms with Crippen molar-refractivity contribution in [1.29, 1.82) is 5.26 Å². The van der Waals surface area contributed by atoms with Crippen molar-refractivity contribution in [2.75, 3.05) is 11.4 Å². The first-order valence-electron chi connectivity index (χ1n) is 6.93. The smallest absolute Gasteiger partial charge is 0.299 e. The first kappa shape index (κ1) is 15.2. The second kappa shape index (κ2) is 5.65. The van der Waals surface area contributed by atoms with E-state index in [9.17, 15) is 14.0 Å². The lowest BCUT2D eigenvalue weighted by molar-refractivity contribution is -0.114. The minimum absolute atomic E-state index is 0.0899. The summed E-state index contributed by atoms with van der Waals surface area (Å²) in [5.41, 5.74) is -0.182. The summed E-state index contributed by atoms with van der Waals surface area (Å²) in [7, 11) is 0. The molecule has 0 saturated carbocycles. The number of hydrogen-bond donors (Lipinski definition) is 0. The lowest BCUT2D eigenvalue weighted by atomic mass is 9.89. The maximum absolute atomic E-state index is 13.9. The highest BCUT2D eigenvalue weighted by Crippen LogP contribution is 2.32. The van der Waals surface area contributed by atoms with Crippen LogP contribution in [-0.2, 0) is 4.79 Å². The summed E-state index contributed by atoms with van der Waals surface area (Å²) in [5.74, 6) is -1.87. The molecule has 0 N–H and O–H groups in total. The summed E-state index contributed by atoms with van der Waals surface area (Å²) < 4.78 is 13.9. The van der Waals surface area contributed by atoms with Gasteiger partial charge in [0.05, 0.1) is 22.7 Å². The van der Waals surface area contributed by atoms with Gasteiger partial charge in [0.1, 0.15) is 5.82 Å². The zero-order chi connectivity index (χ0) is 15.6. The average Bonchev–Trinajstić information content (AvgIpc) is 2.70. The molecule has 2 rings (SSSR count). The van der Waals surface area contributed by atoms with Gasteiger partial charge in [-0.1, -0.05) is 12.5 Å². The molecule has 0 aromatic heterocycles. The van der Waals surface area contributed by atoms with E-state index in [2.05, 4.69) is 6.07 Å². The lowest BCUT2D eigenvalue weighted by Crippen LogP contribution is -2.31. The number of rotatable bonds is 5. The second-order valence-electron chi connectivity index (χ2n) is 5.87. The number of fused-ring (bicyclic) bond motifs is 1. The van der Waals surface area contributed by atoms with Crippen LogP contribution < -0.4 is 4.90 Å². The summed E-state index contributed by atoms with van der Waals surface area (Å²) in [6, 6.07) is 6.36. The quantitative estimate of drug-likeness (QED) is 0.618. The predicted molar refractivity (Wildman–Crippen MR) is 76.3 cm³/mol. The normalized spacial score (nSPS) is 14.3. The fraction of sp³-hybridized carbons (Fsp3) is 0.438. The predicted octanol–water partition coefficient (Wildman–Crippen LogP) is 3.08. The largest absolute Gasteiger partial charge is 0.302 e. The minimum atomic E-state index is -0.672. The van der Waals surface area contributed by atoms with Crippen LogP contribution in [0.5, 0.6) is 0 Å². The molecular weight excluding hydrogens is 271 g/mol. The molecule has 1 amide bonds. The van der Waals surface area contributed by atoms with Crippen LogP contribution in [0.3, 0.4) is 0 Å². The van der Waals surface area contributed by atoms with Gasteiger partial charge in [-0.05, 0) is 38.8 Å². The van der Waals surface area contributed by atoms with Crippen LogP contribution in [-0.4, -0.2) is 18.2 Å². The Labute approximate surface area is 123 Å². The molecule has 0 unspecified atom stereocenters. The van der Waals surface area contributed by atoms with Crippen LogP contribution in [0.1, 0.15) is 43.5 Å². The number of halogens is 1. The molecule has 0 aliphatic carbocycles. The van der Waals surface area contributed by atoms with Crippen LogP contribution in [0, 0.1) is 22.6 Å². The molecule has 1 heterocycles. The van der Waals surface area contributed by atoms with Gasteiger partial charge in [0.25, 0.3) is 11.7 Å². The number of ketones is 1. The van der Waals surface area contributed by atoms with Crippen molar-refractivity contribution in [3.05, 3.63) is 29.6 Å². The van der Waals surface area contributed by atoms with Gasteiger partial charge in [-0.15, -0.1) is 0 Å². The maximum Gasteiger partial charge on any atom is 0.299 e. The Kier molecular flexibility index (Phi) is 4.08.